The zero-order chi connectivity index (χ0) is 13.2. The number of hydrogen-bond donors (Lipinski definition) is 1. The van der Waals surface area contributed by atoms with Crippen LogP contribution < -0.4 is 5.12 Å². The van der Waals surface area contributed by atoms with Gasteiger partial charge in [0, 0.05) is 0 Å². The van der Waals surface area contributed by atoms with Crippen LogP contribution in [0.2, 0.25) is 0 Å². The van der Waals surface area contributed by atoms with E-state index in [1.54, 1.807) is 0 Å². The normalized spacial score (nSPS) is 11.1. The third-order valence-electron chi connectivity index (χ3n) is 1.74. The van der Waals surface area contributed by atoms with Gasteiger partial charge in [-0.2, -0.15) is 13.2 Å². The van der Waals surface area contributed by atoms with E-state index in [0.29, 0.717) is 6.07 Å². The molecular formula is C9H5F4NO3. The van der Waals surface area contributed by atoms with Gasteiger partial charge < -0.3 is 5.11 Å². The number of aromatic carboxylic acids is 1. The summed E-state index contributed by atoms with van der Waals surface area (Å²) in [5.74, 6) is -4.17. The fraction of sp³-hybridized carbons (Fsp3) is 0.111. The molecule has 92 valence electrons. The Morgan fingerprint density at radius 3 is 2.29 bits per heavy atom. The summed E-state index contributed by atoms with van der Waals surface area (Å²) in [6.45, 7) is 0. The van der Waals surface area contributed by atoms with E-state index in [0.717, 1.165) is 18.2 Å². The van der Waals surface area contributed by atoms with Crippen molar-refractivity contribution in [3.8, 4) is 0 Å². The number of carbonyl (C=O) groups excluding carboxylic acids is 1. The number of alkyl halides is 3. The lowest BCUT2D eigenvalue weighted by atomic mass is 10.2. The van der Waals surface area contributed by atoms with Gasteiger partial charge in [-0.1, -0.05) is 10.5 Å². The molecule has 0 fully saturated rings. The van der Waals surface area contributed by atoms with Gasteiger partial charge in [0.05, 0.1) is 11.3 Å². The number of rotatable bonds is 2. The van der Waals surface area contributed by atoms with E-state index in [4.69, 9.17) is 5.11 Å². The molecule has 8 heteroatoms. The van der Waals surface area contributed by atoms with Crippen molar-refractivity contribution in [2.24, 2.45) is 0 Å². The molecule has 1 amide bonds. The van der Waals surface area contributed by atoms with Crippen molar-refractivity contribution < 1.29 is 32.3 Å². The van der Waals surface area contributed by atoms with Crippen LogP contribution >= 0.6 is 0 Å². The molecule has 0 saturated heterocycles. The highest BCUT2D eigenvalue weighted by Crippen LogP contribution is 2.24. The lowest BCUT2D eigenvalue weighted by molar-refractivity contribution is -0.173. The summed E-state index contributed by atoms with van der Waals surface area (Å²) >= 11 is 0. The highest BCUT2D eigenvalue weighted by molar-refractivity contribution is 5.96. The Hall–Kier alpha value is -2.12. The molecule has 0 atom stereocenters. The Morgan fingerprint density at radius 2 is 1.82 bits per heavy atom. The molecule has 4 nitrogen and oxygen atoms in total. The fourth-order valence-corrected chi connectivity index (χ4v) is 0.990. The Labute approximate surface area is 92.0 Å². The highest BCUT2D eigenvalue weighted by Gasteiger charge is 2.44. The molecule has 0 heterocycles. The van der Waals surface area contributed by atoms with Gasteiger partial charge in [-0.15, -0.1) is 5.12 Å². The summed E-state index contributed by atoms with van der Waals surface area (Å²) in [5.41, 5.74) is -1.23. The summed E-state index contributed by atoms with van der Waals surface area (Å²) in [6, 6.07) is 3.54. The summed E-state index contributed by atoms with van der Waals surface area (Å²) in [7, 11) is 0. The molecule has 1 N–H and O–H groups in total. The molecule has 1 aromatic rings. The number of carboxylic acids is 1. The van der Waals surface area contributed by atoms with Gasteiger partial charge in [-0.25, -0.2) is 4.79 Å². The van der Waals surface area contributed by atoms with Crippen LogP contribution in [0.4, 0.5) is 23.3 Å². The number of amides is 1. The van der Waals surface area contributed by atoms with Crippen molar-refractivity contribution in [2.45, 2.75) is 6.18 Å². The summed E-state index contributed by atoms with van der Waals surface area (Å²) < 4.78 is 48.7. The van der Waals surface area contributed by atoms with E-state index in [1.165, 1.54) is 0 Å². The smallest absolute Gasteiger partial charge is 0.474 e. The summed E-state index contributed by atoms with van der Waals surface area (Å²) in [6.07, 6.45) is -5.37. The molecular weight excluding hydrogens is 246 g/mol. The van der Waals surface area contributed by atoms with Crippen molar-refractivity contribution in [2.75, 3.05) is 5.12 Å². The third kappa shape index (κ3) is 2.92. The second-order valence-corrected chi connectivity index (χ2v) is 2.94. The van der Waals surface area contributed by atoms with Gasteiger partial charge in [0.15, 0.2) is 0 Å². The Morgan fingerprint density at radius 1 is 1.24 bits per heavy atom. The molecule has 0 saturated carbocycles. The number of benzene rings is 1. The molecule has 0 radical (unpaired) electrons. The minimum Gasteiger partial charge on any atom is -0.478 e. The summed E-state index contributed by atoms with van der Waals surface area (Å²) in [4.78, 5) is 21.0. The lowest BCUT2D eigenvalue weighted by Crippen LogP contribution is -2.35. The van der Waals surface area contributed by atoms with Gasteiger partial charge >= 0.3 is 18.1 Å². The minimum atomic E-state index is -5.37. The number of anilines is 1. The van der Waals surface area contributed by atoms with E-state index in [9.17, 15) is 27.2 Å². The van der Waals surface area contributed by atoms with E-state index in [-0.39, 0.29) is 0 Å². The second kappa shape index (κ2) is 4.40. The quantitative estimate of drug-likeness (QED) is 0.647. The van der Waals surface area contributed by atoms with Crippen LogP contribution in [0.25, 0.3) is 0 Å². The van der Waals surface area contributed by atoms with Crippen LogP contribution in [-0.2, 0) is 4.79 Å². The van der Waals surface area contributed by atoms with Crippen molar-refractivity contribution in [3.63, 3.8) is 0 Å². The molecule has 0 spiro atoms. The molecule has 17 heavy (non-hydrogen) atoms. The number of halogens is 4. The van der Waals surface area contributed by atoms with E-state index in [2.05, 4.69) is 0 Å². The first kappa shape index (κ1) is 12.9. The van der Waals surface area contributed by atoms with Crippen LogP contribution in [0, 0.1) is 0 Å². The van der Waals surface area contributed by atoms with Gasteiger partial charge in [0.25, 0.3) is 0 Å². The Balaban J connectivity index is 3.05. The SMILES string of the molecule is O=C(O)c1cccc(N(F)C(=O)C(F)(F)F)c1. The predicted octanol–water partition coefficient (Wildman–Crippen LogP) is 2.16. The van der Waals surface area contributed by atoms with E-state index >= 15 is 0 Å². The van der Waals surface area contributed by atoms with Crippen LogP contribution in [0.1, 0.15) is 10.4 Å². The maximum Gasteiger partial charge on any atom is 0.474 e. The number of hydrogen-bond acceptors (Lipinski definition) is 2. The third-order valence-corrected chi connectivity index (χ3v) is 1.74. The van der Waals surface area contributed by atoms with Crippen molar-refractivity contribution in [1.29, 1.82) is 0 Å². The number of carbonyl (C=O) groups is 2. The molecule has 1 rings (SSSR count). The first-order valence-corrected chi connectivity index (χ1v) is 4.14. The van der Waals surface area contributed by atoms with Gasteiger partial charge in [0.2, 0.25) is 0 Å². The molecule has 0 unspecified atom stereocenters. The lowest BCUT2D eigenvalue weighted by Gasteiger charge is -2.13. The van der Waals surface area contributed by atoms with Crippen LogP contribution in [0.15, 0.2) is 24.3 Å². The van der Waals surface area contributed by atoms with Crippen LogP contribution in [0.5, 0.6) is 0 Å². The van der Waals surface area contributed by atoms with Crippen molar-refractivity contribution in [3.05, 3.63) is 29.8 Å². The maximum absolute atomic E-state index is 13.0. The van der Waals surface area contributed by atoms with Gasteiger partial charge in [-0.05, 0) is 18.2 Å². The maximum atomic E-state index is 13.0. The van der Waals surface area contributed by atoms with Crippen molar-refractivity contribution in [1.82, 2.24) is 0 Å². The standard InChI is InChI=1S/C9H5F4NO3/c10-9(11,12)8(17)14(13)6-3-1-2-5(4-6)7(15)16/h1-4H,(H,15,16). The zero-order valence-electron chi connectivity index (χ0n) is 8.03. The average Bonchev–Trinajstić information content (AvgIpc) is 2.26. The van der Waals surface area contributed by atoms with E-state index in [1.807, 2.05) is 0 Å². The number of carboxylic acid groups (broad SMARTS) is 1. The molecule has 0 aromatic heterocycles. The number of nitrogens with zero attached hydrogens (tertiary/aromatic N) is 1. The van der Waals surface area contributed by atoms with Gasteiger partial charge in [0.1, 0.15) is 0 Å². The molecule has 0 bridgehead atoms. The topological polar surface area (TPSA) is 57.6 Å². The van der Waals surface area contributed by atoms with Crippen LogP contribution in [0.3, 0.4) is 0 Å². The highest BCUT2D eigenvalue weighted by atomic mass is 19.4. The van der Waals surface area contributed by atoms with Gasteiger partial charge in [-0.3, -0.25) is 4.79 Å². The zero-order valence-corrected chi connectivity index (χ0v) is 8.03. The summed E-state index contributed by atoms with van der Waals surface area (Å²) in [5, 5.41) is 7.40. The second-order valence-electron chi connectivity index (χ2n) is 2.94. The molecule has 0 aliphatic heterocycles. The average molecular weight is 251 g/mol. The largest absolute Gasteiger partial charge is 0.478 e. The van der Waals surface area contributed by atoms with Crippen molar-refractivity contribution >= 4 is 17.6 Å². The molecule has 1 aromatic carbocycles. The molecule has 0 aliphatic carbocycles. The predicted molar refractivity (Wildman–Crippen MR) is 48.1 cm³/mol. The first-order chi connectivity index (χ1) is 7.73. The fourth-order valence-electron chi connectivity index (χ4n) is 0.990. The van der Waals surface area contributed by atoms with Crippen LogP contribution in [-0.4, -0.2) is 23.2 Å². The Bertz CT molecular complexity index is 458. The Kier molecular flexibility index (Phi) is 3.35. The molecule has 0 aliphatic rings. The first-order valence-electron chi connectivity index (χ1n) is 4.14. The minimum absolute atomic E-state index is 0.430. The van der Waals surface area contributed by atoms with E-state index < -0.39 is 34.4 Å². The monoisotopic (exact) mass is 251 g/mol.